The maximum Gasteiger partial charge on any atom is 0.328 e. The number of aliphatic carboxylic acids is 1. The van der Waals surface area contributed by atoms with Crippen molar-refractivity contribution in [2.45, 2.75) is 13.5 Å². The van der Waals surface area contributed by atoms with Gasteiger partial charge in [0.05, 0.1) is 12.7 Å². The number of carboxylic acids is 1. The number of hydrogen-bond donors (Lipinski definition) is 2. The molecule has 2 heterocycles. The third-order valence-corrected chi connectivity index (χ3v) is 3.43. The zero-order valence-corrected chi connectivity index (χ0v) is 11.4. The van der Waals surface area contributed by atoms with Crippen molar-refractivity contribution in [2.24, 2.45) is 0 Å². The number of hydrogen-bond acceptors (Lipinski definition) is 5. The third kappa shape index (κ3) is 3.55. The highest BCUT2D eigenvalue weighted by molar-refractivity contribution is 7.10. The lowest BCUT2D eigenvalue weighted by molar-refractivity contribution is -0.131. The summed E-state index contributed by atoms with van der Waals surface area (Å²) < 4.78 is 4.85. The van der Waals surface area contributed by atoms with Gasteiger partial charge in [-0.05, 0) is 30.0 Å². The van der Waals surface area contributed by atoms with Crippen LogP contribution in [0.25, 0.3) is 6.08 Å². The second kappa shape index (κ2) is 6.16. The Morgan fingerprint density at radius 1 is 1.55 bits per heavy atom. The Labute approximate surface area is 118 Å². The van der Waals surface area contributed by atoms with Gasteiger partial charge in [-0.15, -0.1) is 11.3 Å². The highest BCUT2D eigenvalue weighted by Gasteiger charge is 2.13. The number of carbonyl (C=O) groups is 2. The number of rotatable bonds is 5. The van der Waals surface area contributed by atoms with Crippen molar-refractivity contribution in [1.29, 1.82) is 0 Å². The van der Waals surface area contributed by atoms with Crippen LogP contribution in [0.2, 0.25) is 0 Å². The fourth-order valence-electron chi connectivity index (χ4n) is 1.50. The second-order valence-corrected chi connectivity index (χ2v) is 5.03. The van der Waals surface area contributed by atoms with Crippen LogP contribution in [0, 0.1) is 6.92 Å². The van der Waals surface area contributed by atoms with Gasteiger partial charge in [0.25, 0.3) is 5.91 Å². The van der Waals surface area contributed by atoms with Gasteiger partial charge in [0, 0.05) is 16.5 Å². The lowest BCUT2D eigenvalue weighted by Gasteiger charge is -2.00. The van der Waals surface area contributed by atoms with Crippen molar-refractivity contribution in [3.63, 3.8) is 0 Å². The van der Waals surface area contributed by atoms with Crippen LogP contribution in [0.1, 0.15) is 26.6 Å². The van der Waals surface area contributed by atoms with Crippen LogP contribution in [0.15, 0.2) is 28.2 Å². The molecular weight excluding hydrogens is 280 g/mol. The number of aryl methyl sites for hydroxylation is 1. The summed E-state index contributed by atoms with van der Waals surface area (Å²) in [5, 5.41) is 16.6. The number of nitrogens with zero attached hydrogens (tertiary/aromatic N) is 1. The largest absolute Gasteiger partial charge is 0.478 e. The number of carboxylic acid groups (broad SMARTS) is 1. The highest BCUT2D eigenvalue weighted by Crippen LogP contribution is 2.16. The van der Waals surface area contributed by atoms with E-state index in [9.17, 15) is 9.59 Å². The molecule has 0 unspecified atom stereocenters. The molecule has 0 aliphatic heterocycles. The van der Waals surface area contributed by atoms with Crippen LogP contribution in [-0.2, 0) is 11.3 Å². The van der Waals surface area contributed by atoms with Gasteiger partial charge < -0.3 is 14.9 Å². The molecule has 104 valence electrons. The van der Waals surface area contributed by atoms with Gasteiger partial charge in [-0.3, -0.25) is 4.79 Å². The van der Waals surface area contributed by atoms with Crippen molar-refractivity contribution in [3.8, 4) is 0 Å². The number of aromatic nitrogens is 1. The van der Waals surface area contributed by atoms with E-state index in [4.69, 9.17) is 9.63 Å². The molecule has 7 heteroatoms. The molecule has 2 aromatic heterocycles. The van der Waals surface area contributed by atoms with Gasteiger partial charge in [-0.2, -0.15) is 0 Å². The number of nitrogens with one attached hydrogen (secondary N) is 1. The van der Waals surface area contributed by atoms with Gasteiger partial charge >= 0.3 is 5.97 Å². The summed E-state index contributed by atoms with van der Waals surface area (Å²) >= 11 is 1.44. The van der Waals surface area contributed by atoms with Crippen LogP contribution in [-0.4, -0.2) is 22.1 Å². The van der Waals surface area contributed by atoms with E-state index >= 15 is 0 Å². The van der Waals surface area contributed by atoms with Gasteiger partial charge in [0.1, 0.15) is 0 Å². The van der Waals surface area contributed by atoms with Crippen LogP contribution < -0.4 is 5.32 Å². The average molecular weight is 292 g/mol. The van der Waals surface area contributed by atoms with Gasteiger partial charge in [-0.1, -0.05) is 5.16 Å². The molecule has 0 atom stereocenters. The average Bonchev–Trinajstić information content (AvgIpc) is 3.02. The maximum atomic E-state index is 11.8. The van der Waals surface area contributed by atoms with Gasteiger partial charge in [0.15, 0.2) is 0 Å². The van der Waals surface area contributed by atoms with Crippen molar-refractivity contribution >= 4 is 29.3 Å². The molecule has 6 nitrogen and oxygen atoms in total. The number of amides is 1. The number of thiophene rings is 1. The molecule has 0 aromatic carbocycles. The Morgan fingerprint density at radius 2 is 2.35 bits per heavy atom. The lowest BCUT2D eigenvalue weighted by atomic mass is 10.2. The molecule has 0 spiro atoms. The summed E-state index contributed by atoms with van der Waals surface area (Å²) in [7, 11) is 0. The Kier molecular flexibility index (Phi) is 4.31. The summed E-state index contributed by atoms with van der Waals surface area (Å²) in [5.74, 6) is -1.12. The smallest absolute Gasteiger partial charge is 0.328 e. The van der Waals surface area contributed by atoms with Gasteiger partial charge in [-0.25, -0.2) is 4.79 Å². The first-order valence-corrected chi connectivity index (χ1v) is 6.62. The molecule has 2 rings (SSSR count). The molecule has 1 amide bonds. The summed E-state index contributed by atoms with van der Waals surface area (Å²) in [6.45, 7) is 2.09. The van der Waals surface area contributed by atoms with E-state index < -0.39 is 5.97 Å². The predicted molar refractivity (Wildman–Crippen MR) is 73.4 cm³/mol. The first-order valence-electron chi connectivity index (χ1n) is 5.74. The quantitative estimate of drug-likeness (QED) is 0.823. The molecule has 0 radical (unpaired) electrons. The fraction of sp³-hybridized carbons (Fsp3) is 0.154. The molecule has 0 saturated heterocycles. The monoisotopic (exact) mass is 292 g/mol. The topological polar surface area (TPSA) is 92.4 Å². The molecule has 0 saturated carbocycles. The fourth-order valence-corrected chi connectivity index (χ4v) is 2.30. The summed E-state index contributed by atoms with van der Waals surface area (Å²) in [6, 6.07) is 1.82. The minimum absolute atomic E-state index is 0.201. The normalized spacial score (nSPS) is 10.8. The molecular formula is C13H12N2O4S. The first-order chi connectivity index (χ1) is 9.56. The number of carbonyl (C=O) groups excluding carboxylic acids is 1. The second-order valence-electron chi connectivity index (χ2n) is 4.04. The van der Waals surface area contributed by atoms with E-state index in [2.05, 4.69) is 10.5 Å². The first kappa shape index (κ1) is 14.0. The van der Waals surface area contributed by atoms with Crippen molar-refractivity contribution in [3.05, 3.63) is 45.5 Å². The molecule has 2 N–H and O–H groups in total. The van der Waals surface area contributed by atoms with Crippen LogP contribution in [0.5, 0.6) is 0 Å². The molecule has 0 fully saturated rings. The van der Waals surface area contributed by atoms with E-state index in [1.165, 1.54) is 23.6 Å². The van der Waals surface area contributed by atoms with E-state index in [1.54, 1.807) is 6.92 Å². The van der Waals surface area contributed by atoms with Crippen LogP contribution in [0.3, 0.4) is 0 Å². The molecule has 0 aliphatic carbocycles. The summed E-state index contributed by atoms with van der Waals surface area (Å²) in [5.41, 5.74) is 1.47. The maximum absolute atomic E-state index is 11.8. The lowest BCUT2D eigenvalue weighted by Crippen LogP contribution is -2.22. The minimum atomic E-state index is -0.994. The Balaban J connectivity index is 1.93. The van der Waals surface area contributed by atoms with E-state index in [-0.39, 0.29) is 11.7 Å². The van der Waals surface area contributed by atoms with Gasteiger partial charge in [0.2, 0.25) is 5.76 Å². The van der Waals surface area contributed by atoms with E-state index in [1.807, 2.05) is 11.4 Å². The highest BCUT2D eigenvalue weighted by atomic mass is 32.1. The molecule has 2 aromatic rings. The van der Waals surface area contributed by atoms with Crippen molar-refractivity contribution < 1.29 is 19.2 Å². The molecule has 0 bridgehead atoms. The zero-order chi connectivity index (χ0) is 14.5. The summed E-state index contributed by atoms with van der Waals surface area (Å²) in [6.07, 6.45) is 4.06. The summed E-state index contributed by atoms with van der Waals surface area (Å²) in [4.78, 5) is 23.1. The third-order valence-electron chi connectivity index (χ3n) is 2.47. The van der Waals surface area contributed by atoms with Crippen molar-refractivity contribution in [1.82, 2.24) is 10.5 Å². The SMILES string of the molecule is Cc1cnoc1C(=O)NCc1cc(C=CC(=O)O)cs1. The Morgan fingerprint density at radius 3 is 3.00 bits per heavy atom. The minimum Gasteiger partial charge on any atom is -0.478 e. The van der Waals surface area contributed by atoms with Crippen molar-refractivity contribution in [2.75, 3.05) is 0 Å². The molecule has 0 aliphatic rings. The van der Waals surface area contributed by atoms with E-state index in [0.717, 1.165) is 16.5 Å². The Hall–Kier alpha value is -2.41. The van der Waals surface area contributed by atoms with Crippen LogP contribution in [0.4, 0.5) is 0 Å². The standard InChI is InChI=1S/C13H12N2O4S/c1-8-5-15-19-12(8)13(18)14-6-10-4-9(7-20-10)2-3-11(16)17/h2-5,7H,6H2,1H3,(H,14,18)(H,16,17). The van der Waals surface area contributed by atoms with E-state index in [0.29, 0.717) is 12.1 Å². The predicted octanol–water partition coefficient (Wildman–Crippen LogP) is 2.07. The molecule has 20 heavy (non-hydrogen) atoms. The Bertz CT molecular complexity index is 657. The zero-order valence-electron chi connectivity index (χ0n) is 10.6. The van der Waals surface area contributed by atoms with Crippen LogP contribution >= 0.6 is 11.3 Å².